The Kier molecular flexibility index (Phi) is 7.34. The molecule has 1 amide bonds. The predicted molar refractivity (Wildman–Crippen MR) is 78.5 cm³/mol. The third-order valence-corrected chi connectivity index (χ3v) is 2.82. The Morgan fingerprint density at radius 2 is 1.76 bits per heavy atom. The fraction of sp³-hybridized carbons (Fsp3) is 0.400. The Bertz CT molecular complexity index is 510. The minimum absolute atomic E-state index is 0.162. The van der Waals surface area contributed by atoms with Gasteiger partial charge in [-0.05, 0) is 24.3 Å². The zero-order chi connectivity index (χ0) is 15.5. The van der Waals surface area contributed by atoms with E-state index in [9.17, 15) is 4.79 Å². The number of carbonyl (C=O) groups is 1. The SMILES string of the molecule is COc1ccc(NC(=O)CN(CCC#N)CCC#N)cc1. The first-order chi connectivity index (χ1) is 10.2. The highest BCUT2D eigenvalue weighted by molar-refractivity contribution is 5.92. The van der Waals surface area contributed by atoms with Crippen molar-refractivity contribution in [1.82, 2.24) is 4.90 Å². The lowest BCUT2D eigenvalue weighted by molar-refractivity contribution is -0.117. The zero-order valence-electron chi connectivity index (χ0n) is 12.0. The molecule has 1 aromatic carbocycles. The van der Waals surface area contributed by atoms with E-state index >= 15 is 0 Å². The van der Waals surface area contributed by atoms with Crippen molar-refractivity contribution in [3.63, 3.8) is 0 Å². The Hall–Kier alpha value is -2.57. The van der Waals surface area contributed by atoms with Crippen LogP contribution < -0.4 is 10.1 Å². The fourth-order valence-corrected chi connectivity index (χ4v) is 1.76. The average molecular weight is 286 g/mol. The second-order valence-corrected chi connectivity index (χ2v) is 4.37. The number of rotatable bonds is 8. The molecule has 0 aliphatic heterocycles. The smallest absolute Gasteiger partial charge is 0.238 e. The summed E-state index contributed by atoms with van der Waals surface area (Å²) in [5, 5.41) is 20.0. The van der Waals surface area contributed by atoms with Crippen LogP contribution in [0, 0.1) is 22.7 Å². The van der Waals surface area contributed by atoms with Crippen molar-refractivity contribution < 1.29 is 9.53 Å². The summed E-state index contributed by atoms with van der Waals surface area (Å²) in [4.78, 5) is 13.8. The van der Waals surface area contributed by atoms with Gasteiger partial charge in [0.15, 0.2) is 0 Å². The van der Waals surface area contributed by atoms with E-state index in [1.165, 1.54) is 0 Å². The number of nitrogens with zero attached hydrogens (tertiary/aromatic N) is 3. The predicted octanol–water partition coefficient (Wildman–Crippen LogP) is 1.76. The molecule has 0 heterocycles. The summed E-state index contributed by atoms with van der Waals surface area (Å²) < 4.78 is 5.05. The molecule has 6 heteroatoms. The first-order valence-electron chi connectivity index (χ1n) is 6.59. The highest BCUT2D eigenvalue weighted by atomic mass is 16.5. The van der Waals surface area contributed by atoms with Gasteiger partial charge in [0.25, 0.3) is 0 Å². The van der Waals surface area contributed by atoms with E-state index in [1.807, 2.05) is 12.1 Å². The molecule has 1 aromatic rings. The third kappa shape index (κ3) is 6.42. The second kappa shape index (κ2) is 9.35. The minimum Gasteiger partial charge on any atom is -0.497 e. The Labute approximate surface area is 124 Å². The molecule has 0 bridgehead atoms. The molecular weight excluding hydrogens is 268 g/mol. The molecule has 0 saturated carbocycles. The maximum atomic E-state index is 12.0. The van der Waals surface area contributed by atoms with Crippen molar-refractivity contribution in [2.24, 2.45) is 0 Å². The number of hydrogen-bond donors (Lipinski definition) is 1. The quantitative estimate of drug-likeness (QED) is 0.786. The van der Waals surface area contributed by atoms with Crippen LogP contribution in [0.25, 0.3) is 0 Å². The first kappa shape index (κ1) is 16.5. The topological polar surface area (TPSA) is 89.2 Å². The lowest BCUT2D eigenvalue weighted by atomic mass is 10.3. The summed E-state index contributed by atoms with van der Waals surface area (Å²) in [6.07, 6.45) is 0.669. The number of methoxy groups -OCH3 is 1. The lowest BCUT2D eigenvalue weighted by Crippen LogP contribution is -2.34. The van der Waals surface area contributed by atoms with Crippen LogP contribution in [0.2, 0.25) is 0 Å². The highest BCUT2D eigenvalue weighted by Crippen LogP contribution is 2.14. The summed E-state index contributed by atoms with van der Waals surface area (Å²) in [6, 6.07) is 11.1. The minimum atomic E-state index is -0.170. The van der Waals surface area contributed by atoms with Crippen LogP contribution in [0.3, 0.4) is 0 Å². The first-order valence-corrected chi connectivity index (χ1v) is 6.59. The van der Waals surface area contributed by atoms with E-state index in [4.69, 9.17) is 15.3 Å². The van der Waals surface area contributed by atoms with Gasteiger partial charge < -0.3 is 10.1 Å². The molecule has 6 nitrogen and oxygen atoms in total. The molecule has 21 heavy (non-hydrogen) atoms. The van der Waals surface area contributed by atoms with Crippen LogP contribution >= 0.6 is 0 Å². The molecule has 0 aromatic heterocycles. The molecule has 0 spiro atoms. The van der Waals surface area contributed by atoms with Crippen LogP contribution in [0.5, 0.6) is 5.75 Å². The summed E-state index contributed by atoms with van der Waals surface area (Å²) >= 11 is 0. The number of benzene rings is 1. The van der Waals surface area contributed by atoms with Gasteiger partial charge in [0.05, 0.1) is 25.8 Å². The van der Waals surface area contributed by atoms with Crippen LogP contribution in [-0.4, -0.2) is 37.6 Å². The maximum absolute atomic E-state index is 12.0. The summed E-state index contributed by atoms with van der Waals surface area (Å²) in [7, 11) is 1.58. The van der Waals surface area contributed by atoms with Crippen molar-refractivity contribution in [1.29, 1.82) is 10.5 Å². The van der Waals surface area contributed by atoms with E-state index < -0.39 is 0 Å². The average Bonchev–Trinajstić information content (AvgIpc) is 2.50. The molecule has 0 fully saturated rings. The Morgan fingerprint density at radius 1 is 1.19 bits per heavy atom. The number of carbonyl (C=O) groups excluding carboxylic acids is 1. The van der Waals surface area contributed by atoms with Crippen LogP contribution in [0.4, 0.5) is 5.69 Å². The van der Waals surface area contributed by atoms with Gasteiger partial charge in [0, 0.05) is 31.6 Å². The van der Waals surface area contributed by atoms with Gasteiger partial charge in [-0.3, -0.25) is 9.69 Å². The lowest BCUT2D eigenvalue weighted by Gasteiger charge is -2.19. The number of ether oxygens (including phenoxy) is 1. The zero-order valence-corrected chi connectivity index (χ0v) is 12.0. The third-order valence-electron chi connectivity index (χ3n) is 2.82. The van der Waals surface area contributed by atoms with Gasteiger partial charge >= 0.3 is 0 Å². The van der Waals surface area contributed by atoms with Crippen LogP contribution in [-0.2, 0) is 4.79 Å². The molecule has 0 radical (unpaired) electrons. The molecule has 0 saturated heterocycles. The fourth-order valence-electron chi connectivity index (χ4n) is 1.76. The molecule has 110 valence electrons. The Morgan fingerprint density at radius 3 is 2.24 bits per heavy atom. The van der Waals surface area contributed by atoms with E-state index in [0.717, 1.165) is 5.75 Å². The van der Waals surface area contributed by atoms with Crippen molar-refractivity contribution in [2.45, 2.75) is 12.8 Å². The molecule has 0 atom stereocenters. The van der Waals surface area contributed by atoms with E-state index in [-0.39, 0.29) is 12.5 Å². The van der Waals surface area contributed by atoms with Gasteiger partial charge in [0.1, 0.15) is 5.75 Å². The maximum Gasteiger partial charge on any atom is 0.238 e. The van der Waals surface area contributed by atoms with Gasteiger partial charge in [-0.1, -0.05) is 0 Å². The van der Waals surface area contributed by atoms with Gasteiger partial charge in [-0.2, -0.15) is 10.5 Å². The largest absolute Gasteiger partial charge is 0.497 e. The molecule has 1 N–H and O–H groups in total. The Balaban J connectivity index is 2.51. The standard InChI is InChI=1S/C15H18N4O2/c1-21-14-6-4-13(5-7-14)18-15(20)12-19(10-2-8-16)11-3-9-17/h4-7H,2-3,10-12H2,1H3,(H,18,20). The van der Waals surface area contributed by atoms with Crippen molar-refractivity contribution >= 4 is 11.6 Å². The molecule has 0 aliphatic carbocycles. The summed E-state index contributed by atoms with van der Waals surface area (Å²) in [5.74, 6) is 0.550. The van der Waals surface area contributed by atoms with Crippen molar-refractivity contribution in [3.8, 4) is 17.9 Å². The molecular formula is C15H18N4O2. The van der Waals surface area contributed by atoms with Crippen molar-refractivity contribution in [2.75, 3.05) is 32.1 Å². The highest BCUT2D eigenvalue weighted by Gasteiger charge is 2.10. The van der Waals surface area contributed by atoms with Crippen LogP contribution in [0.1, 0.15) is 12.8 Å². The number of amides is 1. The van der Waals surface area contributed by atoms with Gasteiger partial charge in [-0.25, -0.2) is 0 Å². The van der Waals surface area contributed by atoms with E-state index in [2.05, 4.69) is 5.32 Å². The monoisotopic (exact) mass is 286 g/mol. The molecule has 0 unspecified atom stereocenters. The van der Waals surface area contributed by atoms with Crippen molar-refractivity contribution in [3.05, 3.63) is 24.3 Å². The summed E-state index contributed by atoms with van der Waals surface area (Å²) in [5.41, 5.74) is 0.682. The summed E-state index contributed by atoms with van der Waals surface area (Å²) in [6.45, 7) is 1.12. The molecule has 1 rings (SSSR count). The second-order valence-electron chi connectivity index (χ2n) is 4.37. The van der Waals surface area contributed by atoms with Gasteiger partial charge in [-0.15, -0.1) is 0 Å². The number of hydrogen-bond acceptors (Lipinski definition) is 5. The van der Waals surface area contributed by atoms with Crippen LogP contribution in [0.15, 0.2) is 24.3 Å². The number of nitrogens with one attached hydrogen (secondary N) is 1. The normalized spacial score (nSPS) is 9.71. The molecule has 0 aliphatic rings. The van der Waals surface area contributed by atoms with E-state index in [0.29, 0.717) is 31.6 Å². The van der Waals surface area contributed by atoms with Gasteiger partial charge in [0.2, 0.25) is 5.91 Å². The number of nitriles is 2. The van der Waals surface area contributed by atoms with E-state index in [1.54, 1.807) is 36.3 Å². The number of anilines is 1.